The van der Waals surface area contributed by atoms with E-state index in [9.17, 15) is 4.79 Å². The molecule has 0 saturated carbocycles. The second kappa shape index (κ2) is 8.20. The number of hydrogen-bond acceptors (Lipinski definition) is 4. The molecule has 0 radical (unpaired) electrons. The largest absolute Gasteiger partial charge is 0.497 e. The van der Waals surface area contributed by atoms with E-state index in [1.54, 1.807) is 45.6 Å². The molecule has 0 atom stereocenters. The topological polar surface area (TPSA) is 44.8 Å². The van der Waals surface area contributed by atoms with Gasteiger partial charge in [-0.2, -0.15) is 0 Å². The molecule has 2 rings (SSSR count). The summed E-state index contributed by atoms with van der Waals surface area (Å²) in [6.45, 7) is 2.09. The van der Waals surface area contributed by atoms with Crippen molar-refractivity contribution in [2.75, 3.05) is 21.3 Å². The lowest BCUT2D eigenvalue weighted by molar-refractivity contribution is 0.104. The van der Waals surface area contributed by atoms with Gasteiger partial charge in [0.05, 0.1) is 21.3 Å². The zero-order valence-electron chi connectivity index (χ0n) is 14.5. The number of benzene rings is 2. The highest BCUT2D eigenvalue weighted by Crippen LogP contribution is 2.24. The number of rotatable bonds is 7. The fraction of sp³-hybridized carbons (Fsp3) is 0.250. The molecule has 0 aliphatic rings. The average molecular weight is 326 g/mol. The number of carbonyl (C=O) groups is 1. The predicted molar refractivity (Wildman–Crippen MR) is 95.3 cm³/mol. The molecule has 0 N–H and O–H groups in total. The van der Waals surface area contributed by atoms with Crippen molar-refractivity contribution in [1.82, 2.24) is 0 Å². The standard InChI is InChI=1S/C20H22O4/c1-5-14-6-9-20(24-4)15(10-14)7-8-19(21)16-11-17(22-2)13-18(12-16)23-3/h6-13H,5H2,1-4H3/b8-7+. The van der Waals surface area contributed by atoms with Crippen LogP contribution in [0.5, 0.6) is 17.2 Å². The number of aryl methyl sites for hydroxylation is 1. The highest BCUT2D eigenvalue weighted by molar-refractivity contribution is 6.07. The van der Waals surface area contributed by atoms with Crippen molar-refractivity contribution >= 4 is 11.9 Å². The van der Waals surface area contributed by atoms with Crippen LogP contribution in [0.25, 0.3) is 6.08 Å². The number of ether oxygens (including phenoxy) is 3. The Morgan fingerprint density at radius 2 is 1.62 bits per heavy atom. The van der Waals surface area contributed by atoms with Crippen LogP contribution in [0.15, 0.2) is 42.5 Å². The smallest absolute Gasteiger partial charge is 0.186 e. The summed E-state index contributed by atoms with van der Waals surface area (Å²) >= 11 is 0. The fourth-order valence-corrected chi connectivity index (χ4v) is 2.35. The van der Waals surface area contributed by atoms with Crippen LogP contribution in [0.4, 0.5) is 0 Å². The Balaban J connectivity index is 2.31. The van der Waals surface area contributed by atoms with Crippen molar-refractivity contribution in [3.63, 3.8) is 0 Å². The molecule has 2 aromatic rings. The van der Waals surface area contributed by atoms with Crippen molar-refractivity contribution in [1.29, 1.82) is 0 Å². The van der Waals surface area contributed by atoms with Crippen LogP contribution < -0.4 is 14.2 Å². The first kappa shape index (κ1) is 17.6. The molecule has 4 nitrogen and oxygen atoms in total. The minimum atomic E-state index is -0.129. The van der Waals surface area contributed by atoms with Gasteiger partial charge in [0.15, 0.2) is 5.78 Å². The van der Waals surface area contributed by atoms with Crippen molar-refractivity contribution in [3.8, 4) is 17.2 Å². The minimum Gasteiger partial charge on any atom is -0.497 e. The number of carbonyl (C=O) groups excluding carboxylic acids is 1. The third kappa shape index (κ3) is 4.16. The molecule has 2 aromatic carbocycles. The minimum absolute atomic E-state index is 0.129. The zero-order chi connectivity index (χ0) is 17.5. The molecular weight excluding hydrogens is 304 g/mol. The summed E-state index contributed by atoms with van der Waals surface area (Å²) in [6.07, 6.45) is 4.23. The van der Waals surface area contributed by atoms with E-state index in [2.05, 4.69) is 6.92 Å². The Morgan fingerprint density at radius 1 is 0.958 bits per heavy atom. The molecule has 0 aliphatic carbocycles. The van der Waals surface area contributed by atoms with Crippen LogP contribution in [0.2, 0.25) is 0 Å². The Labute approximate surface area is 142 Å². The maximum absolute atomic E-state index is 12.5. The molecular formula is C20H22O4. The summed E-state index contributed by atoms with van der Waals surface area (Å²) in [6, 6.07) is 11.1. The van der Waals surface area contributed by atoms with E-state index in [1.165, 1.54) is 11.6 Å². The maximum Gasteiger partial charge on any atom is 0.186 e. The molecule has 0 unspecified atom stereocenters. The lowest BCUT2D eigenvalue weighted by Crippen LogP contribution is -1.97. The first-order valence-corrected chi connectivity index (χ1v) is 7.73. The van der Waals surface area contributed by atoms with Crippen LogP contribution in [0.1, 0.15) is 28.4 Å². The van der Waals surface area contributed by atoms with Gasteiger partial charge in [-0.15, -0.1) is 0 Å². The number of allylic oxidation sites excluding steroid dienone is 1. The first-order chi connectivity index (χ1) is 11.6. The highest BCUT2D eigenvalue weighted by Gasteiger charge is 2.08. The summed E-state index contributed by atoms with van der Waals surface area (Å²) in [7, 11) is 4.73. The third-order valence-electron chi connectivity index (χ3n) is 3.75. The molecule has 0 aliphatic heterocycles. The molecule has 0 bridgehead atoms. The molecule has 126 valence electrons. The summed E-state index contributed by atoms with van der Waals surface area (Å²) in [5.74, 6) is 1.77. The van der Waals surface area contributed by atoms with Gasteiger partial charge in [-0.3, -0.25) is 4.79 Å². The highest BCUT2D eigenvalue weighted by atomic mass is 16.5. The molecule has 0 fully saturated rings. The zero-order valence-corrected chi connectivity index (χ0v) is 14.5. The Kier molecular flexibility index (Phi) is 6.01. The lowest BCUT2D eigenvalue weighted by Gasteiger charge is -2.08. The second-order valence-corrected chi connectivity index (χ2v) is 5.23. The van der Waals surface area contributed by atoms with Crippen molar-refractivity contribution < 1.29 is 19.0 Å². The van der Waals surface area contributed by atoms with Crippen LogP contribution in [-0.2, 0) is 6.42 Å². The summed E-state index contributed by atoms with van der Waals surface area (Å²) in [5.41, 5.74) is 2.57. The molecule has 0 amide bonds. The fourth-order valence-electron chi connectivity index (χ4n) is 2.35. The monoisotopic (exact) mass is 326 g/mol. The van der Waals surface area contributed by atoms with Crippen LogP contribution >= 0.6 is 0 Å². The van der Waals surface area contributed by atoms with Gasteiger partial charge in [0, 0.05) is 17.2 Å². The van der Waals surface area contributed by atoms with E-state index in [0.717, 1.165) is 17.7 Å². The molecule has 0 aromatic heterocycles. The van der Waals surface area contributed by atoms with E-state index in [1.807, 2.05) is 18.2 Å². The molecule has 0 heterocycles. The summed E-state index contributed by atoms with van der Waals surface area (Å²) < 4.78 is 15.8. The van der Waals surface area contributed by atoms with E-state index in [-0.39, 0.29) is 5.78 Å². The third-order valence-corrected chi connectivity index (χ3v) is 3.75. The Bertz CT molecular complexity index is 725. The van der Waals surface area contributed by atoms with Gasteiger partial charge in [0.2, 0.25) is 0 Å². The van der Waals surface area contributed by atoms with Gasteiger partial charge in [-0.1, -0.05) is 13.0 Å². The molecule has 0 saturated heterocycles. The van der Waals surface area contributed by atoms with Gasteiger partial charge >= 0.3 is 0 Å². The summed E-state index contributed by atoms with van der Waals surface area (Å²) in [5, 5.41) is 0. The van der Waals surface area contributed by atoms with Crippen LogP contribution in [0, 0.1) is 0 Å². The number of ketones is 1. The SMILES string of the molecule is CCc1ccc(OC)c(/C=C/C(=O)c2cc(OC)cc(OC)c2)c1. The quantitative estimate of drug-likeness (QED) is 0.566. The Morgan fingerprint density at radius 3 is 2.17 bits per heavy atom. The van der Waals surface area contributed by atoms with E-state index in [0.29, 0.717) is 17.1 Å². The van der Waals surface area contributed by atoms with Gasteiger partial charge < -0.3 is 14.2 Å². The summed E-state index contributed by atoms with van der Waals surface area (Å²) in [4.78, 5) is 12.5. The van der Waals surface area contributed by atoms with Gasteiger partial charge in [-0.05, 0) is 48.4 Å². The van der Waals surface area contributed by atoms with E-state index in [4.69, 9.17) is 14.2 Å². The first-order valence-electron chi connectivity index (χ1n) is 7.73. The second-order valence-electron chi connectivity index (χ2n) is 5.23. The van der Waals surface area contributed by atoms with E-state index >= 15 is 0 Å². The normalized spacial score (nSPS) is 10.7. The van der Waals surface area contributed by atoms with Crippen molar-refractivity contribution in [2.24, 2.45) is 0 Å². The van der Waals surface area contributed by atoms with Crippen molar-refractivity contribution in [2.45, 2.75) is 13.3 Å². The van der Waals surface area contributed by atoms with Crippen molar-refractivity contribution in [3.05, 3.63) is 59.2 Å². The van der Waals surface area contributed by atoms with Gasteiger partial charge in [-0.25, -0.2) is 0 Å². The number of methoxy groups -OCH3 is 3. The molecule has 0 spiro atoms. The maximum atomic E-state index is 12.5. The van der Waals surface area contributed by atoms with E-state index < -0.39 is 0 Å². The van der Waals surface area contributed by atoms with Gasteiger partial charge in [0.25, 0.3) is 0 Å². The number of hydrogen-bond donors (Lipinski definition) is 0. The molecule has 24 heavy (non-hydrogen) atoms. The predicted octanol–water partition coefficient (Wildman–Crippen LogP) is 4.17. The van der Waals surface area contributed by atoms with Crippen LogP contribution in [0.3, 0.4) is 0 Å². The van der Waals surface area contributed by atoms with Gasteiger partial charge in [0.1, 0.15) is 17.2 Å². The Hall–Kier alpha value is -2.75. The lowest BCUT2D eigenvalue weighted by atomic mass is 10.0. The van der Waals surface area contributed by atoms with Crippen LogP contribution in [-0.4, -0.2) is 27.1 Å². The molecule has 4 heteroatoms. The average Bonchev–Trinajstić information content (AvgIpc) is 2.65.